The molecule has 0 fully saturated rings. The quantitative estimate of drug-likeness (QED) is 0.106. The normalized spacial score (nSPS) is 12.8. The van der Waals surface area contributed by atoms with Crippen LogP contribution in [0.4, 0.5) is 26.3 Å². The van der Waals surface area contributed by atoms with Crippen molar-refractivity contribution >= 4 is 68.8 Å². The molecule has 0 saturated heterocycles. The third kappa shape index (κ3) is 9.83. The number of nitrogens with zero attached hydrogens (tertiary/aromatic N) is 2. The minimum absolute atomic E-state index is 0.0212. The molecule has 18 heteroatoms. The summed E-state index contributed by atoms with van der Waals surface area (Å²) in [6.07, 6.45) is -8.33. The molecule has 0 bridgehead atoms. The number of rotatable bonds is 10. The predicted octanol–water partition coefficient (Wildman–Crippen LogP) is 12.9. The molecule has 1 N–H and O–H groups in total. The first kappa shape index (κ1) is 50.0. The fourth-order valence-corrected chi connectivity index (χ4v) is 8.30. The van der Waals surface area contributed by atoms with Crippen LogP contribution in [0.25, 0.3) is 21.8 Å². The van der Waals surface area contributed by atoms with Crippen LogP contribution in [0, 0.1) is 19.8 Å². The molecule has 0 aliphatic carbocycles. The van der Waals surface area contributed by atoms with Crippen LogP contribution in [0.1, 0.15) is 107 Å². The SMILES string of the molecule is CC[C@H](C)c1c(OC)c(Cl)cc2c1c(OC(C)=O)c(C)n2C(=O)c1ccc(C(F)(F)F)cc1.COc1cc2c(C(C(=O)O)C(C)C)c(C)n(C(=O)c3ccc(C(F)(F)F)cc3)c2cc1Cl. The fourth-order valence-electron chi connectivity index (χ4n) is 7.78. The molecule has 0 amide bonds. The van der Waals surface area contributed by atoms with Gasteiger partial charge in [0, 0.05) is 34.7 Å². The lowest BCUT2D eigenvalue weighted by atomic mass is 9.86. The van der Waals surface area contributed by atoms with Gasteiger partial charge in [-0.05, 0) is 104 Å². The number of aliphatic carboxylic acids is 1. The number of halogens is 8. The molecule has 1 unspecified atom stereocenters. The Bertz CT molecular complexity index is 2810. The van der Waals surface area contributed by atoms with Crippen LogP contribution < -0.4 is 14.2 Å². The third-order valence-corrected chi connectivity index (χ3v) is 11.6. The average molecular weight is 950 g/mol. The van der Waals surface area contributed by atoms with Crippen molar-refractivity contribution in [2.75, 3.05) is 14.2 Å². The number of methoxy groups -OCH3 is 2. The largest absolute Gasteiger partial charge is 0.495 e. The second-order valence-electron chi connectivity index (χ2n) is 15.5. The van der Waals surface area contributed by atoms with E-state index in [1.165, 1.54) is 42.4 Å². The summed E-state index contributed by atoms with van der Waals surface area (Å²) in [5, 5.41) is 11.3. The van der Waals surface area contributed by atoms with E-state index >= 15 is 0 Å². The van der Waals surface area contributed by atoms with E-state index in [0.717, 1.165) is 48.5 Å². The summed E-state index contributed by atoms with van der Waals surface area (Å²) in [5.74, 6) is -3.20. The van der Waals surface area contributed by atoms with E-state index < -0.39 is 53.2 Å². The van der Waals surface area contributed by atoms with E-state index in [1.807, 2.05) is 13.8 Å². The van der Waals surface area contributed by atoms with Crippen molar-refractivity contribution < 1.29 is 64.8 Å². The van der Waals surface area contributed by atoms with Gasteiger partial charge in [-0.25, -0.2) is 0 Å². The Balaban J connectivity index is 0.000000244. The number of hydrogen-bond acceptors (Lipinski definition) is 7. The number of carboxylic acids is 1. The first-order valence-corrected chi connectivity index (χ1v) is 20.7. The number of carboxylic acid groups (broad SMARTS) is 1. The summed E-state index contributed by atoms with van der Waals surface area (Å²) in [5.41, 5.74) is 0.841. The maximum atomic E-state index is 13.4. The van der Waals surface area contributed by atoms with E-state index in [4.69, 9.17) is 37.4 Å². The number of benzene rings is 4. The summed E-state index contributed by atoms with van der Waals surface area (Å²) >= 11 is 12.8. The molecule has 65 heavy (non-hydrogen) atoms. The molecule has 6 rings (SSSR count). The van der Waals surface area contributed by atoms with Gasteiger partial charge in [-0.15, -0.1) is 0 Å². The number of carbonyl (C=O) groups excluding carboxylic acids is 3. The number of carbonyl (C=O) groups is 4. The first-order chi connectivity index (χ1) is 30.3. The molecular formula is C47H44Cl2F6N2O8. The van der Waals surface area contributed by atoms with Gasteiger partial charge in [0.2, 0.25) is 0 Å². The highest BCUT2D eigenvalue weighted by molar-refractivity contribution is 6.33. The average Bonchev–Trinajstić information content (AvgIpc) is 3.65. The van der Waals surface area contributed by atoms with Crippen LogP contribution in [0.3, 0.4) is 0 Å². The van der Waals surface area contributed by atoms with E-state index in [-0.39, 0.29) is 38.8 Å². The molecule has 0 spiro atoms. The molecule has 0 aliphatic heterocycles. The molecule has 2 atom stereocenters. The van der Waals surface area contributed by atoms with Gasteiger partial charge in [0.1, 0.15) is 11.5 Å². The molecule has 6 aromatic rings. The number of alkyl halides is 6. The van der Waals surface area contributed by atoms with Gasteiger partial charge in [0.15, 0.2) is 5.75 Å². The number of aromatic nitrogens is 2. The molecule has 2 heterocycles. The lowest BCUT2D eigenvalue weighted by Crippen LogP contribution is -2.20. The molecule has 346 valence electrons. The van der Waals surface area contributed by atoms with E-state index in [0.29, 0.717) is 62.2 Å². The zero-order valence-electron chi connectivity index (χ0n) is 36.5. The van der Waals surface area contributed by atoms with Gasteiger partial charge in [0.05, 0.1) is 63.4 Å². The van der Waals surface area contributed by atoms with Gasteiger partial charge in [-0.2, -0.15) is 26.3 Å². The number of fused-ring (bicyclic) bond motifs is 2. The van der Waals surface area contributed by atoms with Crippen LogP contribution in [0.2, 0.25) is 10.0 Å². The van der Waals surface area contributed by atoms with Crippen molar-refractivity contribution in [3.8, 4) is 17.2 Å². The van der Waals surface area contributed by atoms with Crippen LogP contribution in [0.5, 0.6) is 17.2 Å². The summed E-state index contributed by atoms with van der Waals surface area (Å²) < 4.78 is 96.4. The maximum Gasteiger partial charge on any atom is 0.416 e. The fraction of sp³-hybridized carbons (Fsp3) is 0.319. The van der Waals surface area contributed by atoms with Crippen LogP contribution in [-0.2, 0) is 21.9 Å². The lowest BCUT2D eigenvalue weighted by molar-refractivity contribution is -0.140. The Hall–Kier alpha value is -6.00. The Kier molecular flexibility index (Phi) is 14.8. The molecule has 0 radical (unpaired) electrons. The smallest absolute Gasteiger partial charge is 0.416 e. The van der Waals surface area contributed by atoms with Crippen molar-refractivity contribution in [2.24, 2.45) is 5.92 Å². The van der Waals surface area contributed by atoms with Gasteiger partial charge >= 0.3 is 24.3 Å². The summed E-state index contributed by atoms with van der Waals surface area (Å²) in [6, 6.07) is 12.4. The van der Waals surface area contributed by atoms with Crippen LogP contribution in [0.15, 0.2) is 66.7 Å². The highest BCUT2D eigenvalue weighted by Gasteiger charge is 2.35. The highest BCUT2D eigenvalue weighted by Crippen LogP contribution is 2.47. The van der Waals surface area contributed by atoms with Crippen LogP contribution in [-0.4, -0.2) is 52.2 Å². The third-order valence-electron chi connectivity index (χ3n) is 11.0. The van der Waals surface area contributed by atoms with Gasteiger partial charge < -0.3 is 19.3 Å². The summed E-state index contributed by atoms with van der Waals surface area (Å²) in [6.45, 7) is 11.9. The van der Waals surface area contributed by atoms with Crippen molar-refractivity contribution in [1.29, 1.82) is 0 Å². The first-order valence-electron chi connectivity index (χ1n) is 19.9. The molecule has 0 aliphatic rings. The summed E-state index contributed by atoms with van der Waals surface area (Å²) in [7, 11) is 2.89. The number of esters is 1. The Morgan fingerprint density at radius 2 is 1.17 bits per heavy atom. The topological polar surface area (TPSA) is 126 Å². The second-order valence-corrected chi connectivity index (χ2v) is 16.3. The highest BCUT2D eigenvalue weighted by atomic mass is 35.5. The van der Waals surface area contributed by atoms with Crippen molar-refractivity contribution in [3.05, 3.63) is 122 Å². The second kappa shape index (κ2) is 19.2. The number of ether oxygens (including phenoxy) is 3. The molecular weight excluding hydrogens is 905 g/mol. The molecule has 0 saturated carbocycles. The Morgan fingerprint density at radius 1 is 0.692 bits per heavy atom. The monoisotopic (exact) mass is 948 g/mol. The Morgan fingerprint density at radius 3 is 1.57 bits per heavy atom. The summed E-state index contributed by atoms with van der Waals surface area (Å²) in [4.78, 5) is 50.7. The predicted molar refractivity (Wildman–Crippen MR) is 234 cm³/mol. The minimum atomic E-state index is -4.53. The van der Waals surface area contributed by atoms with E-state index in [1.54, 1.807) is 33.8 Å². The van der Waals surface area contributed by atoms with E-state index in [9.17, 15) is 50.6 Å². The lowest BCUT2D eigenvalue weighted by Gasteiger charge is -2.18. The zero-order chi connectivity index (χ0) is 48.6. The molecule has 2 aromatic heterocycles. The van der Waals surface area contributed by atoms with Gasteiger partial charge in [0.25, 0.3) is 11.8 Å². The minimum Gasteiger partial charge on any atom is -0.495 e. The molecule has 10 nitrogen and oxygen atoms in total. The van der Waals surface area contributed by atoms with Crippen molar-refractivity contribution in [1.82, 2.24) is 9.13 Å². The van der Waals surface area contributed by atoms with Gasteiger partial charge in [-0.3, -0.25) is 28.3 Å². The van der Waals surface area contributed by atoms with Crippen LogP contribution >= 0.6 is 23.2 Å². The molecule has 4 aromatic carbocycles. The zero-order valence-corrected chi connectivity index (χ0v) is 38.0. The standard InChI is InChI=1S/C24H23ClF3NO4.C23H21ClF3NO4/c1-6-12(2)19-20-18(11-17(25)22(19)32-5)29(13(3)21(20)33-14(4)30)23(31)15-7-9-16(10-8-15)24(26,27)28;1-11(2)19(22(30)31)20-12(3)28(17-10-16(24)18(32-4)9-15(17)20)21(29)13-5-7-14(8-6-13)23(25,26)27/h7-12H,6H2,1-5H3;5-11,19H,1-4H3,(H,30,31)/t12-;/m0./s1. The van der Waals surface area contributed by atoms with Crippen molar-refractivity contribution in [2.45, 2.75) is 79.1 Å². The Labute approximate surface area is 379 Å². The van der Waals surface area contributed by atoms with Gasteiger partial charge in [-0.1, -0.05) is 50.9 Å². The number of hydrogen-bond donors (Lipinski definition) is 1. The maximum absolute atomic E-state index is 13.4. The van der Waals surface area contributed by atoms with Crippen molar-refractivity contribution in [3.63, 3.8) is 0 Å². The van der Waals surface area contributed by atoms with E-state index in [2.05, 4.69) is 0 Å².